The molecule has 0 saturated carbocycles. The monoisotopic (exact) mass is 327 g/mol. The largest absolute Gasteiger partial charge is 0.339 e. The average Bonchev–Trinajstić information content (AvgIpc) is 2.31. The molecule has 0 unspecified atom stereocenters. The first-order valence-corrected chi connectivity index (χ1v) is 6.07. The van der Waals surface area contributed by atoms with E-state index in [0.29, 0.717) is 5.82 Å². The second kappa shape index (κ2) is 5.32. The van der Waals surface area contributed by atoms with Crippen molar-refractivity contribution in [1.29, 1.82) is 0 Å². The van der Waals surface area contributed by atoms with E-state index in [1.807, 2.05) is 24.3 Å². The van der Waals surface area contributed by atoms with Crippen LogP contribution >= 0.6 is 27.5 Å². The van der Waals surface area contributed by atoms with Crippen molar-refractivity contribution >= 4 is 44.7 Å². The number of para-hydroxylation sites is 1. The quantitative estimate of drug-likeness (QED) is 0.522. The molecule has 18 heavy (non-hydrogen) atoms. The summed E-state index contributed by atoms with van der Waals surface area (Å²) in [7, 11) is 0. The van der Waals surface area contributed by atoms with Crippen LogP contribution in [-0.4, -0.2) is 9.91 Å². The van der Waals surface area contributed by atoms with Gasteiger partial charge in [0.15, 0.2) is 0 Å². The first kappa shape index (κ1) is 12.8. The molecule has 1 heterocycles. The normalized spacial score (nSPS) is 10.1. The Morgan fingerprint density at radius 2 is 2.06 bits per heavy atom. The number of aromatic nitrogens is 1. The van der Waals surface area contributed by atoms with Gasteiger partial charge in [0.1, 0.15) is 11.0 Å². The van der Waals surface area contributed by atoms with Gasteiger partial charge in [0.2, 0.25) is 0 Å². The Hall–Kier alpha value is -1.66. The molecule has 0 radical (unpaired) electrons. The lowest BCUT2D eigenvalue weighted by Gasteiger charge is -2.07. The van der Waals surface area contributed by atoms with Crippen LogP contribution in [0.1, 0.15) is 0 Å². The Kier molecular flexibility index (Phi) is 3.78. The summed E-state index contributed by atoms with van der Waals surface area (Å²) in [6.45, 7) is 0. The van der Waals surface area contributed by atoms with E-state index in [2.05, 4.69) is 26.2 Å². The summed E-state index contributed by atoms with van der Waals surface area (Å²) in [6.07, 6.45) is 0. The van der Waals surface area contributed by atoms with Gasteiger partial charge in [-0.3, -0.25) is 10.1 Å². The lowest BCUT2D eigenvalue weighted by atomic mass is 10.3. The molecule has 2 aromatic rings. The number of hydrogen-bond donors (Lipinski definition) is 1. The number of anilines is 2. The lowest BCUT2D eigenvalue weighted by Crippen LogP contribution is -1.97. The van der Waals surface area contributed by atoms with Crippen LogP contribution in [0.3, 0.4) is 0 Å². The van der Waals surface area contributed by atoms with Crippen LogP contribution in [0.4, 0.5) is 17.2 Å². The molecule has 1 N–H and O–H groups in total. The van der Waals surface area contributed by atoms with E-state index in [0.717, 1.165) is 10.2 Å². The highest BCUT2D eigenvalue weighted by atomic mass is 79.9. The summed E-state index contributed by atoms with van der Waals surface area (Å²) in [6, 6.07) is 9.90. The third kappa shape index (κ3) is 2.96. The topological polar surface area (TPSA) is 68.1 Å². The summed E-state index contributed by atoms with van der Waals surface area (Å²) >= 11 is 9.10. The van der Waals surface area contributed by atoms with E-state index in [1.165, 1.54) is 12.1 Å². The predicted molar refractivity (Wildman–Crippen MR) is 73.3 cm³/mol. The highest BCUT2D eigenvalue weighted by molar-refractivity contribution is 9.10. The number of benzene rings is 1. The zero-order chi connectivity index (χ0) is 13.1. The molecule has 0 fully saturated rings. The van der Waals surface area contributed by atoms with Crippen LogP contribution in [0.5, 0.6) is 0 Å². The van der Waals surface area contributed by atoms with Gasteiger partial charge >= 0.3 is 0 Å². The average molecular weight is 329 g/mol. The Morgan fingerprint density at radius 1 is 1.33 bits per heavy atom. The van der Waals surface area contributed by atoms with E-state index in [9.17, 15) is 10.1 Å². The minimum absolute atomic E-state index is 0.0683. The van der Waals surface area contributed by atoms with Gasteiger partial charge in [-0.1, -0.05) is 23.7 Å². The van der Waals surface area contributed by atoms with E-state index < -0.39 is 4.92 Å². The standard InChI is InChI=1S/C11H7BrClN3O2/c12-8-3-1-2-4-9(8)14-11-6-7(16(17)18)5-10(13)15-11/h1-6H,(H,14,15). The molecule has 0 spiro atoms. The molecule has 0 atom stereocenters. The molecule has 7 heteroatoms. The Balaban J connectivity index is 2.35. The Bertz CT molecular complexity index is 607. The molecule has 2 rings (SSSR count). The van der Waals surface area contributed by atoms with E-state index in [-0.39, 0.29) is 10.8 Å². The van der Waals surface area contributed by atoms with Gasteiger partial charge in [-0.2, -0.15) is 0 Å². The van der Waals surface area contributed by atoms with Crippen molar-refractivity contribution < 1.29 is 4.92 Å². The number of rotatable bonds is 3. The van der Waals surface area contributed by atoms with Crippen LogP contribution < -0.4 is 5.32 Å². The molecule has 0 aliphatic carbocycles. The van der Waals surface area contributed by atoms with Gasteiger partial charge < -0.3 is 5.32 Å². The fourth-order valence-electron chi connectivity index (χ4n) is 1.35. The Morgan fingerprint density at radius 3 is 2.72 bits per heavy atom. The molecular formula is C11H7BrClN3O2. The molecule has 1 aromatic carbocycles. The number of nitrogens with zero attached hydrogens (tertiary/aromatic N) is 2. The van der Waals surface area contributed by atoms with Crippen molar-refractivity contribution in [3.8, 4) is 0 Å². The number of halogens is 2. The van der Waals surface area contributed by atoms with Crippen molar-refractivity contribution in [2.24, 2.45) is 0 Å². The molecule has 1 aromatic heterocycles. The molecule has 0 saturated heterocycles. The van der Waals surface area contributed by atoms with Gasteiger partial charge in [-0.05, 0) is 28.1 Å². The van der Waals surface area contributed by atoms with Crippen molar-refractivity contribution in [3.05, 3.63) is 56.1 Å². The van der Waals surface area contributed by atoms with E-state index in [4.69, 9.17) is 11.6 Å². The molecule has 92 valence electrons. The molecule has 5 nitrogen and oxygen atoms in total. The summed E-state index contributed by atoms with van der Waals surface area (Å²) in [5.41, 5.74) is 0.645. The summed E-state index contributed by atoms with van der Waals surface area (Å²) in [5, 5.41) is 13.7. The van der Waals surface area contributed by atoms with Crippen LogP contribution in [-0.2, 0) is 0 Å². The SMILES string of the molecule is O=[N+]([O-])c1cc(Cl)nc(Nc2ccccc2Br)c1. The third-order valence-electron chi connectivity index (χ3n) is 2.13. The number of nitro groups is 1. The Labute approximate surface area is 116 Å². The number of pyridine rings is 1. The van der Waals surface area contributed by atoms with Crippen molar-refractivity contribution in [1.82, 2.24) is 4.98 Å². The summed E-state index contributed by atoms with van der Waals surface area (Å²) in [5.74, 6) is 0.320. The van der Waals surface area contributed by atoms with E-state index >= 15 is 0 Å². The first-order valence-electron chi connectivity index (χ1n) is 4.90. The summed E-state index contributed by atoms with van der Waals surface area (Å²) in [4.78, 5) is 14.2. The van der Waals surface area contributed by atoms with Crippen LogP contribution in [0.15, 0.2) is 40.9 Å². The van der Waals surface area contributed by atoms with Gasteiger partial charge in [0.05, 0.1) is 22.7 Å². The van der Waals surface area contributed by atoms with Gasteiger partial charge in [-0.25, -0.2) is 4.98 Å². The maximum absolute atomic E-state index is 10.7. The number of hydrogen-bond acceptors (Lipinski definition) is 4. The van der Waals surface area contributed by atoms with Crippen molar-refractivity contribution in [2.75, 3.05) is 5.32 Å². The van der Waals surface area contributed by atoms with Gasteiger partial charge in [0.25, 0.3) is 5.69 Å². The van der Waals surface area contributed by atoms with Crippen LogP contribution in [0.25, 0.3) is 0 Å². The smallest absolute Gasteiger partial charge is 0.276 e. The van der Waals surface area contributed by atoms with Crippen molar-refractivity contribution in [3.63, 3.8) is 0 Å². The molecule has 0 amide bonds. The van der Waals surface area contributed by atoms with Crippen molar-refractivity contribution in [2.45, 2.75) is 0 Å². The predicted octanol–water partition coefficient (Wildman–Crippen LogP) is 4.15. The molecule has 0 aliphatic heterocycles. The highest BCUT2D eigenvalue weighted by Crippen LogP contribution is 2.27. The lowest BCUT2D eigenvalue weighted by molar-refractivity contribution is -0.384. The van der Waals surface area contributed by atoms with Crippen LogP contribution in [0.2, 0.25) is 5.15 Å². The zero-order valence-corrected chi connectivity index (χ0v) is 11.3. The minimum atomic E-state index is -0.515. The number of nitrogens with one attached hydrogen (secondary N) is 1. The molecular weight excluding hydrogens is 321 g/mol. The van der Waals surface area contributed by atoms with Crippen LogP contribution in [0, 0.1) is 10.1 Å². The fourth-order valence-corrected chi connectivity index (χ4v) is 1.94. The highest BCUT2D eigenvalue weighted by Gasteiger charge is 2.10. The maximum Gasteiger partial charge on any atom is 0.276 e. The third-order valence-corrected chi connectivity index (χ3v) is 3.01. The molecule has 0 bridgehead atoms. The second-order valence-corrected chi connectivity index (χ2v) is 4.64. The minimum Gasteiger partial charge on any atom is -0.339 e. The molecule has 0 aliphatic rings. The maximum atomic E-state index is 10.7. The van der Waals surface area contributed by atoms with Gasteiger partial charge in [0, 0.05) is 4.47 Å². The van der Waals surface area contributed by atoms with E-state index in [1.54, 1.807) is 0 Å². The zero-order valence-electron chi connectivity index (χ0n) is 8.93. The summed E-state index contributed by atoms with van der Waals surface area (Å²) < 4.78 is 0.828. The first-order chi connectivity index (χ1) is 8.56. The van der Waals surface area contributed by atoms with Gasteiger partial charge in [-0.15, -0.1) is 0 Å². The second-order valence-electron chi connectivity index (χ2n) is 3.40. The fraction of sp³-hybridized carbons (Fsp3) is 0.